The third-order valence-electron chi connectivity index (χ3n) is 7.46. The van der Waals surface area contributed by atoms with Gasteiger partial charge in [0.2, 0.25) is 0 Å². The second-order valence-corrected chi connectivity index (χ2v) is 12.7. The average molecular weight is 467 g/mol. The molecule has 1 saturated carbocycles. The van der Waals surface area contributed by atoms with Gasteiger partial charge >= 0.3 is 0 Å². The molecule has 2 aromatic heterocycles. The molecule has 1 aromatic carbocycles. The lowest BCUT2D eigenvalue weighted by molar-refractivity contribution is 0.218. The fraction of sp³-hybridized carbons (Fsp3) is 0.556. The maximum atomic E-state index is 14.0. The fourth-order valence-corrected chi connectivity index (χ4v) is 7.81. The van der Waals surface area contributed by atoms with Crippen LogP contribution in [0.25, 0.3) is 10.2 Å². The molecule has 32 heavy (non-hydrogen) atoms. The Morgan fingerprint density at radius 2 is 1.84 bits per heavy atom. The summed E-state index contributed by atoms with van der Waals surface area (Å²) in [7, 11) is 0. The Hall–Kier alpha value is -1.59. The lowest BCUT2D eigenvalue weighted by atomic mass is 9.72. The van der Waals surface area contributed by atoms with Gasteiger partial charge in [0.1, 0.15) is 4.83 Å². The number of aryl methyl sites for hydroxylation is 1. The number of aromatic nitrogens is 2. The van der Waals surface area contributed by atoms with Crippen LogP contribution in [-0.2, 0) is 18.6 Å². The third kappa shape index (κ3) is 4.31. The molecule has 3 nitrogen and oxygen atoms in total. The normalized spacial score (nSPS) is 19.9. The molecule has 0 N–H and O–H groups in total. The highest BCUT2D eigenvalue weighted by Gasteiger charge is 2.33. The number of fused-ring (bicyclic) bond motifs is 3. The molecule has 5 heteroatoms. The number of thioether (sulfide) groups is 1. The van der Waals surface area contributed by atoms with Crippen LogP contribution < -0.4 is 5.56 Å². The molecule has 1 fully saturated rings. The lowest BCUT2D eigenvalue weighted by Crippen LogP contribution is -2.30. The van der Waals surface area contributed by atoms with Gasteiger partial charge in [-0.2, -0.15) is 0 Å². The smallest absolute Gasteiger partial charge is 0.263 e. The number of nitrogens with zero attached hydrogens (tertiary/aromatic N) is 2. The van der Waals surface area contributed by atoms with E-state index in [9.17, 15) is 4.79 Å². The van der Waals surface area contributed by atoms with Crippen LogP contribution in [0.4, 0.5) is 0 Å². The van der Waals surface area contributed by atoms with Crippen molar-refractivity contribution in [2.24, 2.45) is 11.3 Å². The standard InChI is InChI=1S/C27H34N2OS2/c1-27(2,3)19-14-15-21-22(16-19)32-24-23(21)25(30)29(20-12-8-5-9-13-20)26(28-24)31-17-18-10-6-4-7-11-18/h4,6-7,10-11,19-20H,5,8-9,12-17H2,1-3H3. The highest BCUT2D eigenvalue weighted by Crippen LogP contribution is 2.43. The van der Waals surface area contributed by atoms with Gasteiger partial charge in [-0.25, -0.2) is 4.98 Å². The van der Waals surface area contributed by atoms with Crippen molar-refractivity contribution in [1.82, 2.24) is 9.55 Å². The van der Waals surface area contributed by atoms with Crippen LogP contribution in [0, 0.1) is 11.3 Å². The highest BCUT2D eigenvalue weighted by atomic mass is 32.2. The van der Waals surface area contributed by atoms with Gasteiger partial charge in [-0.3, -0.25) is 9.36 Å². The second kappa shape index (κ2) is 8.98. The quantitative estimate of drug-likeness (QED) is 0.297. The van der Waals surface area contributed by atoms with E-state index in [-0.39, 0.29) is 5.56 Å². The summed E-state index contributed by atoms with van der Waals surface area (Å²) in [5.41, 5.74) is 3.12. The SMILES string of the molecule is CC(C)(C)C1CCc2c(sc3nc(SCc4ccccc4)n(C4CCCCC4)c(=O)c23)C1. The highest BCUT2D eigenvalue weighted by molar-refractivity contribution is 7.98. The molecule has 0 spiro atoms. The molecule has 3 aromatic rings. The average Bonchev–Trinajstić information content (AvgIpc) is 3.16. The molecule has 1 atom stereocenters. The lowest BCUT2D eigenvalue weighted by Gasteiger charge is -2.33. The summed E-state index contributed by atoms with van der Waals surface area (Å²) < 4.78 is 2.10. The first-order valence-electron chi connectivity index (χ1n) is 12.2. The number of benzene rings is 1. The van der Waals surface area contributed by atoms with E-state index in [1.54, 1.807) is 23.1 Å². The first-order chi connectivity index (χ1) is 15.4. The van der Waals surface area contributed by atoms with Crippen molar-refractivity contribution < 1.29 is 0 Å². The summed E-state index contributed by atoms with van der Waals surface area (Å²) >= 11 is 3.52. The number of thiophene rings is 1. The maximum Gasteiger partial charge on any atom is 0.263 e. The van der Waals surface area contributed by atoms with Gasteiger partial charge < -0.3 is 0 Å². The van der Waals surface area contributed by atoms with Gasteiger partial charge in [-0.1, -0.05) is 82.1 Å². The summed E-state index contributed by atoms with van der Waals surface area (Å²) in [5.74, 6) is 1.53. The van der Waals surface area contributed by atoms with Crippen molar-refractivity contribution in [3.8, 4) is 0 Å². The zero-order valence-electron chi connectivity index (χ0n) is 19.5. The Labute approximate surface area is 199 Å². The number of hydrogen-bond donors (Lipinski definition) is 0. The van der Waals surface area contributed by atoms with E-state index in [4.69, 9.17) is 4.98 Å². The molecule has 0 amide bonds. The monoisotopic (exact) mass is 466 g/mol. The predicted molar refractivity (Wildman–Crippen MR) is 137 cm³/mol. The molecular formula is C27H34N2OS2. The Balaban J connectivity index is 1.58. The van der Waals surface area contributed by atoms with Gasteiger partial charge in [0.15, 0.2) is 5.16 Å². The zero-order chi connectivity index (χ0) is 22.3. The minimum Gasteiger partial charge on any atom is -0.284 e. The third-order valence-corrected chi connectivity index (χ3v) is 9.63. The minimum absolute atomic E-state index is 0.226. The van der Waals surface area contributed by atoms with Crippen LogP contribution in [0.1, 0.15) is 81.3 Å². The Morgan fingerprint density at radius 3 is 2.56 bits per heavy atom. The van der Waals surface area contributed by atoms with Crippen LogP contribution in [0.5, 0.6) is 0 Å². The fourth-order valence-electron chi connectivity index (χ4n) is 5.44. The first kappa shape index (κ1) is 22.2. The van der Waals surface area contributed by atoms with Gasteiger partial charge in [0, 0.05) is 16.7 Å². The van der Waals surface area contributed by atoms with E-state index in [0.717, 1.165) is 46.8 Å². The van der Waals surface area contributed by atoms with Crippen LogP contribution in [-0.4, -0.2) is 9.55 Å². The molecule has 5 rings (SSSR count). The van der Waals surface area contributed by atoms with E-state index in [2.05, 4.69) is 55.7 Å². The van der Waals surface area contributed by atoms with E-state index >= 15 is 0 Å². The molecule has 2 heterocycles. The molecule has 2 aliphatic rings. The van der Waals surface area contributed by atoms with Gasteiger partial charge in [0.25, 0.3) is 5.56 Å². The summed E-state index contributed by atoms with van der Waals surface area (Å²) in [6.45, 7) is 7.05. The number of hydrogen-bond acceptors (Lipinski definition) is 4. The summed E-state index contributed by atoms with van der Waals surface area (Å²) in [6, 6.07) is 10.8. The second-order valence-electron chi connectivity index (χ2n) is 10.6. The molecule has 2 aliphatic carbocycles. The Bertz CT molecular complexity index is 1150. The van der Waals surface area contributed by atoms with E-state index in [1.807, 2.05) is 0 Å². The molecule has 0 aliphatic heterocycles. The van der Waals surface area contributed by atoms with Crippen molar-refractivity contribution in [1.29, 1.82) is 0 Å². The van der Waals surface area contributed by atoms with Crippen LogP contribution in [0.15, 0.2) is 40.3 Å². The molecule has 0 saturated heterocycles. The maximum absolute atomic E-state index is 14.0. The van der Waals surface area contributed by atoms with Crippen molar-refractivity contribution >= 4 is 33.3 Å². The van der Waals surface area contributed by atoms with Gasteiger partial charge in [-0.15, -0.1) is 11.3 Å². The summed E-state index contributed by atoms with van der Waals surface area (Å²) in [5, 5.41) is 1.86. The topological polar surface area (TPSA) is 34.9 Å². The Morgan fingerprint density at radius 1 is 1.09 bits per heavy atom. The molecule has 0 radical (unpaired) electrons. The van der Waals surface area contributed by atoms with Crippen molar-refractivity contribution in [3.05, 3.63) is 56.7 Å². The molecular weight excluding hydrogens is 432 g/mol. The summed E-state index contributed by atoms with van der Waals surface area (Å²) in [6.07, 6.45) is 9.21. The largest absolute Gasteiger partial charge is 0.284 e. The van der Waals surface area contributed by atoms with Crippen LogP contribution >= 0.6 is 23.1 Å². The van der Waals surface area contributed by atoms with Gasteiger partial charge in [-0.05, 0) is 54.6 Å². The molecule has 0 bridgehead atoms. The van der Waals surface area contributed by atoms with Crippen LogP contribution in [0.2, 0.25) is 0 Å². The van der Waals surface area contributed by atoms with Crippen molar-refractivity contribution in [2.75, 3.05) is 0 Å². The van der Waals surface area contributed by atoms with Crippen LogP contribution in [0.3, 0.4) is 0 Å². The predicted octanol–water partition coefficient (Wildman–Crippen LogP) is 7.41. The van der Waals surface area contributed by atoms with E-state index in [1.165, 1.54) is 41.7 Å². The van der Waals surface area contributed by atoms with E-state index < -0.39 is 0 Å². The molecule has 170 valence electrons. The minimum atomic E-state index is 0.226. The zero-order valence-corrected chi connectivity index (χ0v) is 21.2. The molecule has 1 unspecified atom stereocenters. The van der Waals surface area contributed by atoms with E-state index in [0.29, 0.717) is 17.4 Å². The Kier molecular flexibility index (Phi) is 6.23. The first-order valence-corrected chi connectivity index (χ1v) is 14.0. The van der Waals surface area contributed by atoms with Crippen molar-refractivity contribution in [2.45, 2.75) is 89.1 Å². The number of rotatable bonds is 4. The van der Waals surface area contributed by atoms with Crippen molar-refractivity contribution in [3.63, 3.8) is 0 Å². The van der Waals surface area contributed by atoms with Gasteiger partial charge in [0.05, 0.1) is 5.39 Å². The summed E-state index contributed by atoms with van der Waals surface area (Å²) in [4.78, 5) is 21.5.